The fourth-order valence-corrected chi connectivity index (χ4v) is 3.18. The van der Waals surface area contributed by atoms with Crippen molar-refractivity contribution in [2.24, 2.45) is 0 Å². The average molecular weight is 342 g/mol. The summed E-state index contributed by atoms with van der Waals surface area (Å²) in [6, 6.07) is 7.92. The average Bonchev–Trinajstić information content (AvgIpc) is 3.14. The highest BCUT2D eigenvalue weighted by Crippen LogP contribution is 2.32. The van der Waals surface area contributed by atoms with Crippen LogP contribution in [0.2, 0.25) is 0 Å². The van der Waals surface area contributed by atoms with Gasteiger partial charge in [0, 0.05) is 12.0 Å². The molecule has 24 heavy (non-hydrogen) atoms. The molecule has 0 fully saturated rings. The van der Waals surface area contributed by atoms with Crippen molar-refractivity contribution in [1.82, 2.24) is 15.1 Å². The number of hydrogen-bond acceptors (Lipinski definition) is 6. The van der Waals surface area contributed by atoms with Gasteiger partial charge in [0.25, 0.3) is 5.89 Å². The van der Waals surface area contributed by atoms with E-state index in [9.17, 15) is 4.79 Å². The molecule has 1 aromatic carbocycles. The molecule has 0 aliphatic carbocycles. The zero-order valence-corrected chi connectivity index (χ0v) is 14.6. The number of aryl methyl sites for hydroxylation is 2. The van der Waals surface area contributed by atoms with E-state index in [0.717, 1.165) is 28.1 Å². The van der Waals surface area contributed by atoms with E-state index in [0.29, 0.717) is 23.3 Å². The molecule has 0 aliphatic heterocycles. The van der Waals surface area contributed by atoms with Gasteiger partial charge in [0.05, 0.1) is 5.69 Å². The number of benzene rings is 1. The molecule has 0 saturated heterocycles. The van der Waals surface area contributed by atoms with Gasteiger partial charge in [0.15, 0.2) is 5.13 Å². The maximum absolute atomic E-state index is 11.7. The van der Waals surface area contributed by atoms with Crippen LogP contribution in [-0.4, -0.2) is 21.0 Å². The van der Waals surface area contributed by atoms with E-state index >= 15 is 0 Å². The molecule has 0 radical (unpaired) electrons. The second-order valence-corrected chi connectivity index (χ2v) is 6.52. The minimum atomic E-state index is -0.0382. The summed E-state index contributed by atoms with van der Waals surface area (Å²) in [5.74, 6) is 0.916. The first-order valence-electron chi connectivity index (χ1n) is 7.75. The molecule has 2 heterocycles. The summed E-state index contributed by atoms with van der Waals surface area (Å²) < 4.78 is 5.39. The number of hydrogen-bond donors (Lipinski definition) is 1. The van der Waals surface area contributed by atoms with E-state index in [2.05, 4.69) is 20.4 Å². The third-order valence-electron chi connectivity index (χ3n) is 3.42. The van der Waals surface area contributed by atoms with Crippen LogP contribution >= 0.6 is 11.3 Å². The van der Waals surface area contributed by atoms with Crippen LogP contribution in [0.3, 0.4) is 0 Å². The molecule has 6 nitrogen and oxygen atoms in total. The van der Waals surface area contributed by atoms with Crippen molar-refractivity contribution in [3.63, 3.8) is 0 Å². The van der Waals surface area contributed by atoms with E-state index in [1.807, 2.05) is 45.0 Å². The summed E-state index contributed by atoms with van der Waals surface area (Å²) in [6.45, 7) is 5.84. The summed E-state index contributed by atoms with van der Waals surface area (Å²) >= 11 is 1.34. The highest BCUT2D eigenvalue weighted by atomic mass is 32.1. The predicted octanol–water partition coefficient (Wildman–Crippen LogP) is 4.22. The van der Waals surface area contributed by atoms with Crippen LogP contribution in [0.5, 0.6) is 0 Å². The van der Waals surface area contributed by atoms with E-state index in [1.54, 1.807) is 0 Å². The predicted molar refractivity (Wildman–Crippen MR) is 93.9 cm³/mol. The molecule has 3 rings (SSSR count). The van der Waals surface area contributed by atoms with Crippen LogP contribution in [0, 0.1) is 13.8 Å². The minimum absolute atomic E-state index is 0.0382. The largest absolute Gasteiger partial charge is 0.333 e. The molecular weight excluding hydrogens is 324 g/mol. The highest BCUT2D eigenvalue weighted by molar-refractivity contribution is 7.19. The van der Waals surface area contributed by atoms with Gasteiger partial charge in [-0.2, -0.15) is 4.98 Å². The summed E-state index contributed by atoms with van der Waals surface area (Å²) in [4.78, 5) is 21.3. The minimum Gasteiger partial charge on any atom is -0.333 e. The quantitative estimate of drug-likeness (QED) is 0.751. The van der Waals surface area contributed by atoms with Crippen molar-refractivity contribution >= 4 is 22.4 Å². The van der Waals surface area contributed by atoms with Crippen LogP contribution in [0.1, 0.15) is 31.0 Å². The Kier molecular flexibility index (Phi) is 4.71. The van der Waals surface area contributed by atoms with Gasteiger partial charge >= 0.3 is 0 Å². The Labute approximate surface area is 143 Å². The van der Waals surface area contributed by atoms with Gasteiger partial charge in [-0.3, -0.25) is 4.79 Å². The monoisotopic (exact) mass is 342 g/mol. The topological polar surface area (TPSA) is 80.9 Å². The SMILES string of the molecule is CCCC(=O)Nc1nc(C)c(-c2nc(-c3cccc(C)c3)no2)s1. The molecular formula is C17H18N4O2S. The van der Waals surface area contributed by atoms with Gasteiger partial charge in [-0.1, -0.05) is 47.2 Å². The third kappa shape index (κ3) is 3.51. The molecule has 7 heteroatoms. The zero-order chi connectivity index (χ0) is 17.1. The van der Waals surface area contributed by atoms with E-state index in [4.69, 9.17) is 4.52 Å². The second-order valence-electron chi connectivity index (χ2n) is 5.52. The van der Waals surface area contributed by atoms with Gasteiger partial charge in [0.2, 0.25) is 11.7 Å². The number of amides is 1. The highest BCUT2D eigenvalue weighted by Gasteiger charge is 2.18. The Bertz CT molecular complexity index is 869. The molecule has 0 spiro atoms. The lowest BCUT2D eigenvalue weighted by molar-refractivity contribution is -0.116. The number of nitrogens with one attached hydrogen (secondary N) is 1. The summed E-state index contributed by atoms with van der Waals surface area (Å²) in [7, 11) is 0. The second kappa shape index (κ2) is 6.92. The number of nitrogens with zero attached hydrogens (tertiary/aromatic N) is 3. The molecule has 2 aromatic heterocycles. The Morgan fingerprint density at radius 3 is 2.88 bits per heavy atom. The first-order chi connectivity index (χ1) is 11.6. The van der Waals surface area contributed by atoms with Crippen LogP contribution in [0.4, 0.5) is 5.13 Å². The van der Waals surface area contributed by atoms with Crippen molar-refractivity contribution in [2.45, 2.75) is 33.6 Å². The van der Waals surface area contributed by atoms with Crippen molar-refractivity contribution in [3.8, 4) is 22.2 Å². The number of carbonyl (C=O) groups excluding carboxylic acids is 1. The standard InChI is InChI=1S/C17H18N4O2S/c1-4-6-13(22)19-17-18-11(3)14(24-17)16-20-15(21-23-16)12-8-5-7-10(2)9-12/h5,7-9H,4,6H2,1-3H3,(H,18,19,22). The number of thiazole rings is 1. The van der Waals surface area contributed by atoms with Crippen LogP contribution in [-0.2, 0) is 4.79 Å². The first-order valence-corrected chi connectivity index (χ1v) is 8.57. The Morgan fingerprint density at radius 2 is 2.12 bits per heavy atom. The molecule has 1 N–H and O–H groups in total. The van der Waals surface area contributed by atoms with Crippen molar-refractivity contribution in [3.05, 3.63) is 35.5 Å². The molecule has 124 valence electrons. The van der Waals surface area contributed by atoms with Crippen molar-refractivity contribution in [1.29, 1.82) is 0 Å². The maximum Gasteiger partial charge on any atom is 0.270 e. The Hall–Kier alpha value is -2.54. The van der Waals surface area contributed by atoms with E-state index in [1.165, 1.54) is 11.3 Å². The van der Waals surface area contributed by atoms with E-state index < -0.39 is 0 Å². The van der Waals surface area contributed by atoms with E-state index in [-0.39, 0.29) is 5.91 Å². The molecule has 0 bridgehead atoms. The summed E-state index contributed by atoms with van der Waals surface area (Å²) in [5, 5.41) is 7.40. The Balaban J connectivity index is 1.85. The molecule has 0 unspecified atom stereocenters. The van der Waals surface area contributed by atoms with Crippen LogP contribution < -0.4 is 5.32 Å². The lowest BCUT2D eigenvalue weighted by Gasteiger charge is -1.97. The molecule has 0 atom stereocenters. The number of rotatable bonds is 5. The molecule has 0 saturated carbocycles. The summed E-state index contributed by atoms with van der Waals surface area (Å²) in [5.41, 5.74) is 2.80. The van der Waals surface area contributed by atoms with Crippen LogP contribution in [0.15, 0.2) is 28.8 Å². The molecule has 0 aliphatic rings. The lowest BCUT2D eigenvalue weighted by atomic mass is 10.1. The fraction of sp³-hybridized carbons (Fsp3) is 0.294. The number of aromatic nitrogens is 3. The normalized spacial score (nSPS) is 10.8. The zero-order valence-electron chi connectivity index (χ0n) is 13.8. The van der Waals surface area contributed by atoms with Gasteiger partial charge in [-0.25, -0.2) is 4.98 Å². The number of anilines is 1. The lowest BCUT2D eigenvalue weighted by Crippen LogP contribution is -2.10. The van der Waals surface area contributed by atoms with Crippen molar-refractivity contribution in [2.75, 3.05) is 5.32 Å². The van der Waals surface area contributed by atoms with Crippen molar-refractivity contribution < 1.29 is 9.32 Å². The maximum atomic E-state index is 11.7. The molecule has 3 aromatic rings. The third-order valence-corrected chi connectivity index (χ3v) is 4.48. The van der Waals surface area contributed by atoms with Gasteiger partial charge in [-0.15, -0.1) is 0 Å². The van der Waals surface area contributed by atoms with Gasteiger partial charge in [-0.05, 0) is 26.3 Å². The van der Waals surface area contributed by atoms with Gasteiger partial charge < -0.3 is 9.84 Å². The van der Waals surface area contributed by atoms with Gasteiger partial charge in [0.1, 0.15) is 4.88 Å². The number of carbonyl (C=O) groups is 1. The fourth-order valence-electron chi connectivity index (χ4n) is 2.27. The smallest absolute Gasteiger partial charge is 0.270 e. The molecule has 1 amide bonds. The first kappa shape index (κ1) is 16.3. The Morgan fingerprint density at radius 1 is 1.29 bits per heavy atom. The summed E-state index contributed by atoms with van der Waals surface area (Å²) in [6.07, 6.45) is 1.28. The van der Waals surface area contributed by atoms with Crippen LogP contribution in [0.25, 0.3) is 22.2 Å².